The number of nitrogens with zero attached hydrogens (tertiary/aromatic N) is 2. The second-order valence-corrected chi connectivity index (χ2v) is 13.0. The van der Waals surface area contributed by atoms with Gasteiger partial charge in [-0.3, -0.25) is 14.5 Å². The first-order valence-electron chi connectivity index (χ1n) is 14.4. The van der Waals surface area contributed by atoms with E-state index in [0.717, 1.165) is 6.26 Å². The number of nitrogens with one attached hydrogen (secondary N) is 2. The largest absolute Gasteiger partial charge is 0.360 e. The number of amides is 2. The molecule has 3 rings (SSSR count). The first-order chi connectivity index (χ1) is 19.4. The van der Waals surface area contributed by atoms with E-state index in [1.54, 1.807) is 15.7 Å². The molecule has 0 radical (unpaired) electrons. The molecule has 0 aliphatic carbocycles. The standard InChI is InChI=1S/C28H44B2N4O6S/c1-5-39-27(40-6-2)28(29,30)32-25(35)18-31-26(36)19-34(41(4,37)38)22-14-16-33(17-15-22)20(3)23-13-9-11-21-10-7-8-12-24(21)23/h7-13,20,22,27H,5-6,14-19,29-30H2,1-4H3,(H,31,36)(H,32,35). The van der Waals surface area contributed by atoms with E-state index in [2.05, 4.69) is 52.8 Å². The zero-order valence-electron chi connectivity index (χ0n) is 25.2. The predicted octanol–water partition coefficient (Wildman–Crippen LogP) is 0.178. The predicted molar refractivity (Wildman–Crippen MR) is 167 cm³/mol. The molecule has 0 aromatic heterocycles. The minimum Gasteiger partial charge on any atom is -0.360 e. The molecule has 224 valence electrons. The van der Waals surface area contributed by atoms with E-state index >= 15 is 0 Å². The van der Waals surface area contributed by atoms with E-state index in [9.17, 15) is 18.0 Å². The number of benzene rings is 2. The first kappa shape index (κ1) is 33.1. The van der Waals surface area contributed by atoms with E-state index in [0.29, 0.717) is 39.1 Å². The Balaban J connectivity index is 1.56. The third-order valence-electron chi connectivity index (χ3n) is 7.59. The van der Waals surface area contributed by atoms with Gasteiger partial charge in [0.1, 0.15) is 15.7 Å². The van der Waals surface area contributed by atoms with Gasteiger partial charge in [0, 0.05) is 43.7 Å². The van der Waals surface area contributed by atoms with Crippen molar-refractivity contribution in [1.82, 2.24) is 19.8 Å². The summed E-state index contributed by atoms with van der Waals surface area (Å²) in [5.41, 5.74) is 1.25. The van der Waals surface area contributed by atoms with Crippen molar-refractivity contribution in [2.75, 3.05) is 45.6 Å². The van der Waals surface area contributed by atoms with Crippen molar-refractivity contribution >= 4 is 48.3 Å². The lowest BCUT2D eigenvalue weighted by Gasteiger charge is -2.40. The highest BCUT2D eigenvalue weighted by Crippen LogP contribution is 2.31. The van der Waals surface area contributed by atoms with E-state index in [1.807, 2.05) is 26.0 Å². The maximum Gasteiger partial charge on any atom is 0.238 e. The Kier molecular flexibility index (Phi) is 11.8. The van der Waals surface area contributed by atoms with Crippen molar-refractivity contribution in [1.29, 1.82) is 0 Å². The van der Waals surface area contributed by atoms with E-state index < -0.39 is 33.5 Å². The third-order valence-corrected chi connectivity index (χ3v) is 8.87. The van der Waals surface area contributed by atoms with Gasteiger partial charge in [-0.25, -0.2) is 8.42 Å². The van der Waals surface area contributed by atoms with Crippen LogP contribution in [0.3, 0.4) is 0 Å². The molecule has 2 amide bonds. The molecular formula is C28H44B2N4O6S. The molecule has 41 heavy (non-hydrogen) atoms. The van der Waals surface area contributed by atoms with Crippen molar-refractivity contribution < 1.29 is 27.5 Å². The number of rotatable bonds is 14. The monoisotopic (exact) mass is 586 g/mol. The molecule has 1 heterocycles. The Hall–Kier alpha value is -2.44. The molecule has 1 unspecified atom stereocenters. The number of carbonyl (C=O) groups excluding carboxylic acids is 2. The van der Waals surface area contributed by atoms with Crippen LogP contribution in [-0.2, 0) is 29.1 Å². The summed E-state index contributed by atoms with van der Waals surface area (Å²) in [6.07, 6.45) is 1.70. The molecule has 1 aliphatic heterocycles. The van der Waals surface area contributed by atoms with E-state index in [1.165, 1.54) is 20.6 Å². The van der Waals surface area contributed by atoms with Crippen LogP contribution < -0.4 is 10.6 Å². The highest BCUT2D eigenvalue weighted by atomic mass is 32.2. The van der Waals surface area contributed by atoms with Gasteiger partial charge in [-0.1, -0.05) is 42.5 Å². The summed E-state index contributed by atoms with van der Waals surface area (Å²) in [5.74, 6) is -0.949. The number of carbonyl (C=O) groups is 2. The first-order valence-corrected chi connectivity index (χ1v) is 16.2. The Morgan fingerprint density at radius 2 is 1.66 bits per heavy atom. The molecule has 2 aromatic rings. The Bertz CT molecular complexity index is 1280. The average molecular weight is 586 g/mol. The van der Waals surface area contributed by atoms with Gasteiger partial charge < -0.3 is 20.1 Å². The fraction of sp³-hybridized carbons (Fsp3) is 0.571. The van der Waals surface area contributed by atoms with Crippen LogP contribution in [0.4, 0.5) is 0 Å². The quantitative estimate of drug-likeness (QED) is 0.240. The van der Waals surface area contributed by atoms with Gasteiger partial charge in [-0.2, -0.15) is 4.31 Å². The number of sulfonamides is 1. The number of hydrogen-bond acceptors (Lipinski definition) is 7. The van der Waals surface area contributed by atoms with Gasteiger partial charge in [0.15, 0.2) is 6.29 Å². The molecule has 0 bridgehead atoms. The van der Waals surface area contributed by atoms with Crippen LogP contribution in [0.1, 0.15) is 45.2 Å². The summed E-state index contributed by atoms with van der Waals surface area (Å²) in [6, 6.07) is 14.5. The minimum atomic E-state index is -3.65. The van der Waals surface area contributed by atoms with E-state index in [-0.39, 0.29) is 25.2 Å². The van der Waals surface area contributed by atoms with Gasteiger partial charge >= 0.3 is 0 Å². The Morgan fingerprint density at radius 1 is 1.05 bits per heavy atom. The van der Waals surface area contributed by atoms with Crippen molar-refractivity contribution in [2.45, 2.75) is 57.3 Å². The average Bonchev–Trinajstić information content (AvgIpc) is 2.93. The molecule has 10 nitrogen and oxygen atoms in total. The number of hydrogen-bond donors (Lipinski definition) is 2. The molecular weight excluding hydrogens is 542 g/mol. The molecule has 1 saturated heterocycles. The smallest absolute Gasteiger partial charge is 0.238 e. The molecule has 2 N–H and O–H groups in total. The maximum atomic E-state index is 12.8. The topological polar surface area (TPSA) is 117 Å². The summed E-state index contributed by atoms with van der Waals surface area (Å²) in [4.78, 5) is 27.7. The van der Waals surface area contributed by atoms with Crippen molar-refractivity contribution in [3.63, 3.8) is 0 Å². The second-order valence-electron chi connectivity index (χ2n) is 11.1. The van der Waals surface area contributed by atoms with Crippen molar-refractivity contribution in [3.05, 3.63) is 48.0 Å². The van der Waals surface area contributed by atoms with Crippen LogP contribution in [0.5, 0.6) is 0 Å². The van der Waals surface area contributed by atoms with Gasteiger partial charge in [-0.05, 0) is 49.9 Å². The molecule has 1 aliphatic rings. The fourth-order valence-corrected chi connectivity index (χ4v) is 6.60. The lowest BCUT2D eigenvalue weighted by molar-refractivity contribution is -0.153. The molecule has 13 heteroatoms. The zero-order valence-corrected chi connectivity index (χ0v) is 26.0. The van der Waals surface area contributed by atoms with Crippen LogP contribution >= 0.6 is 0 Å². The van der Waals surface area contributed by atoms with Crippen LogP contribution in [0, 0.1) is 0 Å². The Morgan fingerprint density at radius 3 is 2.27 bits per heavy atom. The maximum absolute atomic E-state index is 12.8. The van der Waals surface area contributed by atoms with Gasteiger partial charge in [0.05, 0.1) is 19.3 Å². The Labute approximate surface area is 246 Å². The lowest BCUT2D eigenvalue weighted by Crippen LogP contribution is -2.61. The van der Waals surface area contributed by atoms with Gasteiger partial charge in [0.25, 0.3) is 0 Å². The fourth-order valence-electron chi connectivity index (χ4n) is 5.50. The van der Waals surface area contributed by atoms with E-state index in [4.69, 9.17) is 9.47 Å². The van der Waals surface area contributed by atoms with Crippen molar-refractivity contribution in [2.24, 2.45) is 0 Å². The number of fused-ring (bicyclic) bond motifs is 1. The third kappa shape index (κ3) is 9.02. The second kappa shape index (κ2) is 14.6. The molecule has 1 atom stereocenters. The molecule has 0 spiro atoms. The van der Waals surface area contributed by atoms with Crippen molar-refractivity contribution in [3.8, 4) is 0 Å². The summed E-state index contributed by atoms with van der Waals surface area (Å²) in [6.45, 7) is 7.50. The van der Waals surface area contributed by atoms with Crippen LogP contribution in [0.25, 0.3) is 10.8 Å². The van der Waals surface area contributed by atoms with Crippen LogP contribution in [-0.4, -0.2) is 108 Å². The zero-order chi connectivity index (χ0) is 30.2. The molecule has 2 aromatic carbocycles. The van der Waals surface area contributed by atoms with Gasteiger partial charge in [0.2, 0.25) is 21.8 Å². The van der Waals surface area contributed by atoms with Crippen LogP contribution in [0.2, 0.25) is 0 Å². The summed E-state index contributed by atoms with van der Waals surface area (Å²) >= 11 is 0. The minimum absolute atomic E-state index is 0.171. The number of likely N-dealkylation sites (tertiary alicyclic amines) is 1. The summed E-state index contributed by atoms with van der Waals surface area (Å²) in [5, 5.41) is 6.98. The van der Waals surface area contributed by atoms with Crippen LogP contribution in [0.15, 0.2) is 42.5 Å². The number of ether oxygens (including phenoxy) is 2. The number of piperidine rings is 1. The lowest BCUT2D eigenvalue weighted by atomic mass is 9.61. The van der Waals surface area contributed by atoms with Gasteiger partial charge in [-0.15, -0.1) is 0 Å². The molecule has 0 saturated carbocycles. The normalized spacial score (nSPS) is 16.2. The SMILES string of the molecule is BC(B)(NC(=O)CNC(=O)CN(C1CCN(C(C)c2cccc3ccccc23)CC1)S(C)(=O)=O)C(OCC)OCC. The molecule has 1 fully saturated rings. The summed E-state index contributed by atoms with van der Waals surface area (Å²) < 4.78 is 37.9. The summed E-state index contributed by atoms with van der Waals surface area (Å²) in [7, 11) is -0.0905. The highest BCUT2D eigenvalue weighted by Gasteiger charge is 2.34. The highest BCUT2D eigenvalue weighted by molar-refractivity contribution is 7.88.